The third-order valence-corrected chi connectivity index (χ3v) is 6.79. The molecule has 6 heteroatoms. The average Bonchev–Trinajstić information content (AvgIpc) is 3.50. The fourth-order valence-corrected chi connectivity index (χ4v) is 5.01. The molecule has 2 saturated heterocycles. The molecule has 2 aliphatic heterocycles. The zero-order chi connectivity index (χ0) is 19.3. The molecule has 2 aromatic rings. The number of para-hydroxylation sites is 1. The van der Waals surface area contributed by atoms with Gasteiger partial charge in [-0.2, -0.15) is 0 Å². The first-order valence-electron chi connectivity index (χ1n) is 10.2. The summed E-state index contributed by atoms with van der Waals surface area (Å²) in [7, 11) is 0. The van der Waals surface area contributed by atoms with Gasteiger partial charge in [-0.05, 0) is 49.7 Å². The maximum Gasteiger partial charge on any atom is 0.326 e. The average molecular weight is 379 g/mol. The molecule has 3 heterocycles. The summed E-state index contributed by atoms with van der Waals surface area (Å²) in [5.41, 5.74) is 2.12. The number of carbonyl (C=O) groups excluding carboxylic acids is 1. The van der Waals surface area contributed by atoms with Gasteiger partial charge in [0.05, 0.1) is 5.52 Å². The number of piperidine rings is 1. The van der Waals surface area contributed by atoms with Crippen LogP contribution in [0.15, 0.2) is 36.5 Å². The molecule has 1 aromatic carbocycles. The lowest BCUT2D eigenvalue weighted by molar-refractivity contribution is -0.148. The van der Waals surface area contributed by atoms with Crippen molar-refractivity contribution in [3.8, 4) is 0 Å². The lowest BCUT2D eigenvalue weighted by atomic mass is 9.76. The van der Waals surface area contributed by atoms with Gasteiger partial charge in [0, 0.05) is 42.8 Å². The predicted octanol–water partition coefficient (Wildman–Crippen LogP) is 2.92. The van der Waals surface area contributed by atoms with E-state index in [2.05, 4.69) is 22.0 Å². The summed E-state index contributed by atoms with van der Waals surface area (Å²) in [4.78, 5) is 32.9. The lowest BCUT2D eigenvalue weighted by Gasteiger charge is -2.40. The molecule has 3 aliphatic rings. The van der Waals surface area contributed by atoms with Crippen LogP contribution in [-0.4, -0.2) is 52.5 Å². The number of carbonyl (C=O) groups is 2. The Kier molecular flexibility index (Phi) is 4.03. The van der Waals surface area contributed by atoms with E-state index in [1.54, 1.807) is 4.90 Å². The largest absolute Gasteiger partial charge is 0.480 e. The van der Waals surface area contributed by atoms with E-state index in [4.69, 9.17) is 0 Å². The number of anilines is 1. The highest BCUT2D eigenvalue weighted by Gasteiger charge is 2.51. The molecule has 1 N–H and O–H groups in total. The minimum Gasteiger partial charge on any atom is -0.480 e. The van der Waals surface area contributed by atoms with Crippen molar-refractivity contribution in [2.75, 3.05) is 24.5 Å². The molecule has 3 fully saturated rings. The Bertz CT molecular complexity index is 926. The maximum absolute atomic E-state index is 12.6. The van der Waals surface area contributed by atoms with Gasteiger partial charge in [0.1, 0.15) is 6.04 Å². The van der Waals surface area contributed by atoms with E-state index in [-0.39, 0.29) is 17.2 Å². The van der Waals surface area contributed by atoms with Crippen molar-refractivity contribution in [2.45, 2.75) is 38.1 Å². The number of rotatable bonds is 3. The van der Waals surface area contributed by atoms with E-state index in [1.165, 1.54) is 5.69 Å². The SMILES string of the molecule is O=C(O)[C@H]1CC2(CCN(c3ccnc4ccccc34)CC2)CN1C(=O)C1CC1. The quantitative estimate of drug-likeness (QED) is 0.888. The molecule has 1 spiro atoms. The molecule has 5 rings (SSSR count). The zero-order valence-corrected chi connectivity index (χ0v) is 15.9. The van der Waals surface area contributed by atoms with Gasteiger partial charge < -0.3 is 14.9 Å². The summed E-state index contributed by atoms with van der Waals surface area (Å²) >= 11 is 0. The summed E-state index contributed by atoms with van der Waals surface area (Å²) < 4.78 is 0. The number of likely N-dealkylation sites (tertiary alicyclic amines) is 1. The molecule has 146 valence electrons. The molecule has 6 nitrogen and oxygen atoms in total. The highest BCUT2D eigenvalue weighted by molar-refractivity contribution is 5.91. The third kappa shape index (κ3) is 2.91. The summed E-state index contributed by atoms with van der Waals surface area (Å²) in [5.74, 6) is -0.722. The number of nitrogens with zero attached hydrogens (tertiary/aromatic N) is 3. The van der Waals surface area contributed by atoms with Crippen LogP contribution in [0.1, 0.15) is 32.1 Å². The van der Waals surface area contributed by atoms with Crippen LogP contribution in [0.2, 0.25) is 0 Å². The van der Waals surface area contributed by atoms with Gasteiger partial charge in [-0.25, -0.2) is 4.79 Å². The number of carboxylic acids is 1. The molecule has 1 atom stereocenters. The smallest absolute Gasteiger partial charge is 0.326 e. The Morgan fingerprint density at radius 1 is 1.11 bits per heavy atom. The monoisotopic (exact) mass is 379 g/mol. The normalized spacial score (nSPS) is 24.1. The Morgan fingerprint density at radius 3 is 2.57 bits per heavy atom. The Labute approximate surface area is 164 Å². The van der Waals surface area contributed by atoms with Gasteiger partial charge in [0.25, 0.3) is 0 Å². The number of hydrogen-bond acceptors (Lipinski definition) is 4. The number of benzene rings is 1. The van der Waals surface area contributed by atoms with Crippen LogP contribution in [0.5, 0.6) is 0 Å². The molecule has 0 unspecified atom stereocenters. The molecule has 0 bridgehead atoms. The fourth-order valence-electron chi connectivity index (χ4n) is 5.01. The number of carboxylic acid groups (broad SMARTS) is 1. The van der Waals surface area contributed by atoms with Crippen LogP contribution >= 0.6 is 0 Å². The second-order valence-corrected chi connectivity index (χ2v) is 8.63. The van der Waals surface area contributed by atoms with Crippen molar-refractivity contribution in [1.82, 2.24) is 9.88 Å². The first-order chi connectivity index (χ1) is 13.6. The number of amides is 1. The number of aromatic nitrogens is 1. The van der Waals surface area contributed by atoms with Gasteiger partial charge in [-0.1, -0.05) is 18.2 Å². The number of pyridine rings is 1. The minimum atomic E-state index is -0.853. The van der Waals surface area contributed by atoms with Crippen LogP contribution < -0.4 is 4.90 Å². The van der Waals surface area contributed by atoms with Crippen LogP contribution in [0, 0.1) is 11.3 Å². The highest BCUT2D eigenvalue weighted by atomic mass is 16.4. The minimum absolute atomic E-state index is 0.0619. The Morgan fingerprint density at radius 2 is 1.86 bits per heavy atom. The maximum atomic E-state index is 12.6. The number of hydrogen-bond donors (Lipinski definition) is 1. The summed E-state index contributed by atoms with van der Waals surface area (Å²) in [6.45, 7) is 2.36. The van der Waals surface area contributed by atoms with E-state index in [1.807, 2.05) is 24.4 Å². The number of fused-ring (bicyclic) bond motifs is 1. The molecular formula is C22H25N3O3. The molecular weight excluding hydrogens is 354 g/mol. The van der Waals surface area contributed by atoms with Crippen molar-refractivity contribution < 1.29 is 14.7 Å². The van der Waals surface area contributed by atoms with Crippen LogP contribution in [0.4, 0.5) is 5.69 Å². The molecule has 1 saturated carbocycles. The molecule has 1 aromatic heterocycles. The topological polar surface area (TPSA) is 73.7 Å². The number of aliphatic carboxylic acids is 1. The second kappa shape index (κ2) is 6.47. The van der Waals surface area contributed by atoms with Crippen molar-refractivity contribution in [2.24, 2.45) is 11.3 Å². The van der Waals surface area contributed by atoms with Gasteiger partial charge in [0.15, 0.2) is 0 Å². The molecule has 28 heavy (non-hydrogen) atoms. The summed E-state index contributed by atoms with van der Waals surface area (Å²) in [6.07, 6.45) is 6.11. The highest BCUT2D eigenvalue weighted by Crippen LogP contribution is 2.46. The van der Waals surface area contributed by atoms with Crippen LogP contribution in [-0.2, 0) is 9.59 Å². The van der Waals surface area contributed by atoms with Crippen molar-refractivity contribution in [1.29, 1.82) is 0 Å². The third-order valence-electron chi connectivity index (χ3n) is 6.79. The van der Waals surface area contributed by atoms with Gasteiger partial charge in [-0.15, -0.1) is 0 Å². The van der Waals surface area contributed by atoms with E-state index in [0.29, 0.717) is 13.0 Å². The predicted molar refractivity (Wildman–Crippen MR) is 106 cm³/mol. The van der Waals surface area contributed by atoms with Gasteiger partial charge in [-0.3, -0.25) is 9.78 Å². The van der Waals surface area contributed by atoms with E-state index >= 15 is 0 Å². The first kappa shape index (κ1) is 17.5. The van der Waals surface area contributed by atoms with Gasteiger partial charge in [0.2, 0.25) is 5.91 Å². The van der Waals surface area contributed by atoms with E-state index in [0.717, 1.165) is 49.7 Å². The van der Waals surface area contributed by atoms with Gasteiger partial charge >= 0.3 is 5.97 Å². The Hall–Kier alpha value is -2.63. The Balaban J connectivity index is 1.35. The molecule has 0 radical (unpaired) electrons. The fraction of sp³-hybridized carbons (Fsp3) is 0.500. The second-order valence-electron chi connectivity index (χ2n) is 8.63. The van der Waals surface area contributed by atoms with E-state index in [9.17, 15) is 14.7 Å². The molecule has 1 aliphatic carbocycles. The standard InChI is InChI=1S/C22H25N3O3/c26-20(15-5-6-15)25-14-22(13-19(25)21(27)28)8-11-24(12-9-22)18-7-10-23-17-4-2-1-3-16(17)18/h1-4,7,10,15,19H,5-6,8-9,11-14H2,(H,27,28)/t19-/m1/s1. The van der Waals surface area contributed by atoms with Crippen molar-refractivity contribution in [3.05, 3.63) is 36.5 Å². The lowest BCUT2D eigenvalue weighted by Crippen LogP contribution is -2.43. The zero-order valence-electron chi connectivity index (χ0n) is 15.9. The summed E-state index contributed by atoms with van der Waals surface area (Å²) in [6, 6.07) is 9.59. The van der Waals surface area contributed by atoms with Crippen LogP contribution in [0.25, 0.3) is 10.9 Å². The van der Waals surface area contributed by atoms with Crippen molar-refractivity contribution in [3.63, 3.8) is 0 Å². The van der Waals surface area contributed by atoms with Crippen molar-refractivity contribution >= 4 is 28.5 Å². The summed E-state index contributed by atoms with van der Waals surface area (Å²) in [5, 5.41) is 10.8. The van der Waals surface area contributed by atoms with Crippen LogP contribution in [0.3, 0.4) is 0 Å². The van der Waals surface area contributed by atoms with E-state index < -0.39 is 12.0 Å². The molecule has 1 amide bonds. The first-order valence-corrected chi connectivity index (χ1v) is 10.2.